The van der Waals surface area contributed by atoms with E-state index in [9.17, 15) is 14.3 Å². The van der Waals surface area contributed by atoms with Crippen LogP contribution in [0.15, 0.2) is 47.6 Å². The van der Waals surface area contributed by atoms with Gasteiger partial charge in [0.1, 0.15) is 11.6 Å². The lowest BCUT2D eigenvalue weighted by Gasteiger charge is -2.20. The van der Waals surface area contributed by atoms with Gasteiger partial charge in [-0.25, -0.2) is 9.40 Å². The lowest BCUT2D eigenvalue weighted by atomic mass is 9.98. The van der Waals surface area contributed by atoms with Crippen molar-refractivity contribution < 1.29 is 14.3 Å². The number of rotatable bonds is 2. The largest absolute Gasteiger partial charge is 0.507 e. The predicted octanol–water partition coefficient (Wildman–Crippen LogP) is 3.88. The standard InChI is InChI=1S/C17H14ClFN2O2/c1-10(22)21-16(11-6-7-14(19)13(18)8-11)9-15(20-21)12-4-2-3-5-17(12)23/h2-8,16,23H,9H2,1H3/t16-/m1/s1. The Balaban J connectivity index is 1.99. The van der Waals surface area contributed by atoms with Crippen molar-refractivity contribution in [2.45, 2.75) is 19.4 Å². The first-order valence-corrected chi connectivity index (χ1v) is 7.45. The van der Waals surface area contributed by atoms with Crippen molar-refractivity contribution in [1.82, 2.24) is 5.01 Å². The molecule has 0 spiro atoms. The number of hydrogen-bond donors (Lipinski definition) is 1. The molecule has 0 aliphatic carbocycles. The van der Waals surface area contributed by atoms with Gasteiger partial charge in [0.2, 0.25) is 5.91 Å². The first-order valence-electron chi connectivity index (χ1n) is 7.08. The zero-order valence-electron chi connectivity index (χ0n) is 12.3. The van der Waals surface area contributed by atoms with Gasteiger partial charge in [0.25, 0.3) is 0 Å². The number of carbonyl (C=O) groups is 1. The summed E-state index contributed by atoms with van der Waals surface area (Å²) in [7, 11) is 0. The van der Waals surface area contributed by atoms with E-state index >= 15 is 0 Å². The molecule has 1 amide bonds. The van der Waals surface area contributed by atoms with Crippen LogP contribution in [0, 0.1) is 5.82 Å². The number of carbonyl (C=O) groups excluding carboxylic acids is 1. The molecule has 1 N–H and O–H groups in total. The van der Waals surface area contributed by atoms with Crippen LogP contribution in [0.5, 0.6) is 5.75 Å². The van der Waals surface area contributed by atoms with Crippen LogP contribution in [0.2, 0.25) is 5.02 Å². The molecule has 6 heteroatoms. The van der Waals surface area contributed by atoms with Crippen LogP contribution in [0.1, 0.15) is 30.5 Å². The number of phenolic OH excluding ortho intramolecular Hbond substituents is 1. The van der Waals surface area contributed by atoms with Gasteiger partial charge in [-0.05, 0) is 29.8 Å². The van der Waals surface area contributed by atoms with Gasteiger partial charge in [-0.1, -0.05) is 29.8 Å². The normalized spacial score (nSPS) is 17.3. The SMILES string of the molecule is CC(=O)N1N=C(c2ccccc2O)C[C@@H]1c1ccc(F)c(Cl)c1. The highest BCUT2D eigenvalue weighted by atomic mass is 35.5. The molecule has 0 aromatic heterocycles. The molecule has 0 unspecified atom stereocenters. The number of hydrazone groups is 1. The Morgan fingerprint density at radius 3 is 2.74 bits per heavy atom. The molecule has 0 bridgehead atoms. The molecule has 2 aromatic rings. The van der Waals surface area contributed by atoms with Crippen molar-refractivity contribution >= 4 is 23.2 Å². The third-order valence-electron chi connectivity index (χ3n) is 3.78. The van der Waals surface area contributed by atoms with Gasteiger partial charge in [0, 0.05) is 18.9 Å². The molecule has 0 fully saturated rings. The minimum absolute atomic E-state index is 0.00186. The van der Waals surface area contributed by atoms with E-state index in [0.29, 0.717) is 23.3 Å². The summed E-state index contributed by atoms with van der Waals surface area (Å²) >= 11 is 5.84. The Hall–Kier alpha value is -2.40. The number of para-hydroxylation sites is 1. The molecule has 2 aromatic carbocycles. The summed E-state index contributed by atoms with van der Waals surface area (Å²) in [6.45, 7) is 1.41. The van der Waals surface area contributed by atoms with Gasteiger partial charge in [0.05, 0.1) is 16.8 Å². The van der Waals surface area contributed by atoms with E-state index in [2.05, 4.69) is 5.10 Å². The Bertz CT molecular complexity index is 807. The summed E-state index contributed by atoms with van der Waals surface area (Å²) in [5.41, 5.74) is 1.87. The molecule has 1 aliphatic heterocycles. The fourth-order valence-corrected chi connectivity index (χ4v) is 2.85. The number of hydrogen-bond acceptors (Lipinski definition) is 3. The summed E-state index contributed by atoms with van der Waals surface area (Å²) in [4.78, 5) is 11.9. The van der Waals surface area contributed by atoms with Crippen molar-refractivity contribution in [2.75, 3.05) is 0 Å². The second-order valence-electron chi connectivity index (χ2n) is 5.32. The maximum absolute atomic E-state index is 13.4. The van der Waals surface area contributed by atoms with Crippen LogP contribution < -0.4 is 0 Å². The van der Waals surface area contributed by atoms with Crippen LogP contribution in [0.25, 0.3) is 0 Å². The second kappa shape index (κ2) is 6.01. The lowest BCUT2D eigenvalue weighted by Crippen LogP contribution is -2.24. The first kappa shape index (κ1) is 15.5. The molecule has 118 valence electrons. The molecule has 0 radical (unpaired) electrons. The average Bonchev–Trinajstić information content (AvgIpc) is 2.96. The van der Waals surface area contributed by atoms with Gasteiger partial charge in [-0.15, -0.1) is 0 Å². The molecular weight excluding hydrogens is 319 g/mol. The zero-order valence-corrected chi connectivity index (χ0v) is 13.1. The lowest BCUT2D eigenvalue weighted by molar-refractivity contribution is -0.130. The smallest absolute Gasteiger partial charge is 0.240 e. The fraction of sp³-hybridized carbons (Fsp3) is 0.176. The summed E-state index contributed by atoms with van der Waals surface area (Å²) in [5, 5.41) is 15.7. The van der Waals surface area contributed by atoms with E-state index in [1.54, 1.807) is 30.3 Å². The number of aromatic hydroxyl groups is 1. The first-order chi connectivity index (χ1) is 11.0. The van der Waals surface area contributed by atoms with Crippen LogP contribution in [-0.4, -0.2) is 21.7 Å². The van der Waals surface area contributed by atoms with E-state index in [-0.39, 0.29) is 22.7 Å². The van der Waals surface area contributed by atoms with Crippen LogP contribution in [0.3, 0.4) is 0 Å². The van der Waals surface area contributed by atoms with E-state index in [4.69, 9.17) is 11.6 Å². The molecule has 0 saturated carbocycles. The Morgan fingerprint density at radius 2 is 2.09 bits per heavy atom. The third-order valence-corrected chi connectivity index (χ3v) is 4.07. The van der Waals surface area contributed by atoms with Crippen LogP contribution in [0.4, 0.5) is 4.39 Å². The topological polar surface area (TPSA) is 52.9 Å². The summed E-state index contributed by atoms with van der Waals surface area (Å²) in [5.74, 6) is -0.641. The zero-order chi connectivity index (χ0) is 16.6. The number of halogens is 2. The Labute approximate surface area is 137 Å². The maximum Gasteiger partial charge on any atom is 0.240 e. The van der Waals surface area contributed by atoms with Gasteiger partial charge in [-0.3, -0.25) is 4.79 Å². The molecule has 4 nitrogen and oxygen atoms in total. The Morgan fingerprint density at radius 1 is 1.35 bits per heavy atom. The number of benzene rings is 2. The second-order valence-corrected chi connectivity index (χ2v) is 5.73. The fourth-order valence-electron chi connectivity index (χ4n) is 2.66. The van der Waals surface area contributed by atoms with Crippen molar-refractivity contribution in [1.29, 1.82) is 0 Å². The molecule has 23 heavy (non-hydrogen) atoms. The molecule has 1 heterocycles. The molecule has 0 saturated heterocycles. The van der Waals surface area contributed by atoms with Crippen molar-refractivity contribution in [3.05, 3.63) is 64.4 Å². The predicted molar refractivity (Wildman–Crippen MR) is 85.9 cm³/mol. The molecule has 3 rings (SSSR count). The number of phenols is 1. The minimum atomic E-state index is -0.510. The minimum Gasteiger partial charge on any atom is -0.507 e. The summed E-state index contributed by atoms with van der Waals surface area (Å²) in [6.07, 6.45) is 0.416. The van der Waals surface area contributed by atoms with E-state index in [1.165, 1.54) is 24.1 Å². The van der Waals surface area contributed by atoms with Crippen LogP contribution >= 0.6 is 11.6 Å². The van der Waals surface area contributed by atoms with E-state index in [1.807, 2.05) is 0 Å². The van der Waals surface area contributed by atoms with Crippen LogP contribution in [-0.2, 0) is 4.79 Å². The summed E-state index contributed by atoms with van der Waals surface area (Å²) < 4.78 is 13.4. The molecule has 1 atom stereocenters. The molecular formula is C17H14ClFN2O2. The molecule has 1 aliphatic rings. The van der Waals surface area contributed by atoms with E-state index in [0.717, 1.165) is 0 Å². The van der Waals surface area contributed by atoms with Crippen molar-refractivity contribution in [3.63, 3.8) is 0 Å². The number of nitrogens with zero attached hydrogens (tertiary/aromatic N) is 2. The summed E-state index contributed by atoms with van der Waals surface area (Å²) in [6, 6.07) is 10.8. The highest BCUT2D eigenvalue weighted by Crippen LogP contribution is 2.35. The quantitative estimate of drug-likeness (QED) is 0.907. The van der Waals surface area contributed by atoms with Crippen molar-refractivity contribution in [2.24, 2.45) is 5.10 Å². The van der Waals surface area contributed by atoms with Crippen molar-refractivity contribution in [3.8, 4) is 5.75 Å². The number of amides is 1. The maximum atomic E-state index is 13.4. The van der Waals surface area contributed by atoms with E-state index < -0.39 is 5.82 Å². The van der Waals surface area contributed by atoms with Gasteiger partial charge in [0.15, 0.2) is 0 Å². The monoisotopic (exact) mass is 332 g/mol. The highest BCUT2D eigenvalue weighted by Gasteiger charge is 2.32. The average molecular weight is 333 g/mol. The third kappa shape index (κ3) is 2.92. The van der Waals surface area contributed by atoms with Gasteiger partial charge in [-0.2, -0.15) is 5.10 Å². The van der Waals surface area contributed by atoms with Gasteiger partial charge < -0.3 is 5.11 Å². The highest BCUT2D eigenvalue weighted by molar-refractivity contribution is 6.30. The van der Waals surface area contributed by atoms with Gasteiger partial charge >= 0.3 is 0 Å². The Kier molecular flexibility index (Phi) is 4.05.